The lowest BCUT2D eigenvalue weighted by molar-refractivity contribution is 0.395. The Labute approximate surface area is 190 Å². The van der Waals surface area contributed by atoms with Gasteiger partial charge in [0.25, 0.3) is 0 Å². The van der Waals surface area contributed by atoms with E-state index in [1.165, 1.54) is 0 Å². The minimum absolute atomic E-state index is 0.662. The number of aryl methyl sites for hydroxylation is 1. The first-order valence-electron chi connectivity index (χ1n) is 10.4. The number of hydrogen-bond acceptors (Lipinski definition) is 8. The van der Waals surface area contributed by atoms with E-state index in [2.05, 4.69) is 30.6 Å². The van der Waals surface area contributed by atoms with Gasteiger partial charge < -0.3 is 9.47 Å². The Morgan fingerprint density at radius 3 is 2.69 bits per heavy atom. The Hall–Kier alpha value is -3.40. The maximum Gasteiger partial charge on any atom is 0.208 e. The molecular formula is C22H25N7O2S. The number of unbranched alkanes of at least 4 members (excludes halogenated alkanes) is 2. The van der Waals surface area contributed by atoms with E-state index in [0.717, 1.165) is 53.6 Å². The zero-order valence-electron chi connectivity index (χ0n) is 18.1. The molecule has 0 saturated carbocycles. The van der Waals surface area contributed by atoms with Crippen LogP contribution in [0.25, 0.3) is 22.8 Å². The molecule has 166 valence electrons. The van der Waals surface area contributed by atoms with Gasteiger partial charge in [-0.15, -0.1) is 15.3 Å². The van der Waals surface area contributed by atoms with Crippen molar-refractivity contribution in [3.63, 3.8) is 0 Å². The first-order chi connectivity index (χ1) is 15.8. The van der Waals surface area contributed by atoms with Crippen LogP contribution >= 0.6 is 11.8 Å². The van der Waals surface area contributed by atoms with Crippen molar-refractivity contribution in [1.29, 1.82) is 0 Å². The molecule has 0 aliphatic carbocycles. The van der Waals surface area contributed by atoms with Crippen LogP contribution in [-0.4, -0.2) is 55.4 Å². The van der Waals surface area contributed by atoms with Crippen LogP contribution in [0.15, 0.2) is 53.7 Å². The largest absolute Gasteiger partial charge is 0.497 e. The van der Waals surface area contributed by atoms with Gasteiger partial charge in [0.1, 0.15) is 11.5 Å². The van der Waals surface area contributed by atoms with Crippen LogP contribution in [0.1, 0.15) is 19.3 Å². The van der Waals surface area contributed by atoms with Crippen molar-refractivity contribution in [3.05, 3.63) is 48.5 Å². The SMILES string of the molecule is COc1ccc(-c2nc(SCCCCCn3nnc(-c4ccccc4)n3)n[nH]2)c(OC)c1. The fourth-order valence-electron chi connectivity index (χ4n) is 3.16. The average molecular weight is 452 g/mol. The second kappa shape index (κ2) is 10.8. The molecule has 0 fully saturated rings. The Bertz CT molecular complexity index is 1130. The smallest absolute Gasteiger partial charge is 0.208 e. The number of aromatic amines is 1. The van der Waals surface area contributed by atoms with E-state index in [0.29, 0.717) is 17.4 Å². The number of thioether (sulfide) groups is 1. The Morgan fingerprint density at radius 2 is 1.88 bits per heavy atom. The fraction of sp³-hybridized carbons (Fsp3) is 0.318. The molecule has 2 heterocycles. The molecule has 10 heteroatoms. The third-order valence-corrected chi connectivity index (χ3v) is 5.78. The first kappa shape index (κ1) is 21.8. The number of benzene rings is 2. The number of nitrogens with one attached hydrogen (secondary N) is 1. The maximum absolute atomic E-state index is 5.45. The van der Waals surface area contributed by atoms with Gasteiger partial charge in [-0.25, -0.2) is 4.98 Å². The highest BCUT2D eigenvalue weighted by atomic mass is 32.2. The third kappa shape index (κ3) is 5.44. The lowest BCUT2D eigenvalue weighted by atomic mass is 10.2. The molecule has 2 aromatic carbocycles. The Kier molecular flexibility index (Phi) is 7.34. The molecule has 0 amide bonds. The normalized spacial score (nSPS) is 10.9. The fourth-order valence-corrected chi connectivity index (χ4v) is 3.96. The third-order valence-electron chi connectivity index (χ3n) is 4.85. The molecule has 0 aliphatic rings. The summed E-state index contributed by atoms with van der Waals surface area (Å²) < 4.78 is 10.7. The second-order valence-electron chi connectivity index (χ2n) is 7.02. The van der Waals surface area contributed by atoms with E-state index in [1.54, 1.807) is 30.8 Å². The molecule has 1 N–H and O–H groups in total. The van der Waals surface area contributed by atoms with Gasteiger partial charge in [-0.3, -0.25) is 5.10 Å². The van der Waals surface area contributed by atoms with Crippen molar-refractivity contribution in [2.24, 2.45) is 0 Å². The molecule has 0 unspecified atom stereocenters. The van der Waals surface area contributed by atoms with E-state index >= 15 is 0 Å². The number of hydrogen-bond donors (Lipinski definition) is 1. The lowest BCUT2D eigenvalue weighted by Gasteiger charge is -2.07. The van der Waals surface area contributed by atoms with Gasteiger partial charge in [-0.1, -0.05) is 48.5 Å². The van der Waals surface area contributed by atoms with Crippen LogP contribution in [0, 0.1) is 0 Å². The predicted molar refractivity (Wildman–Crippen MR) is 123 cm³/mol. The van der Waals surface area contributed by atoms with Crippen molar-refractivity contribution >= 4 is 11.8 Å². The second-order valence-corrected chi connectivity index (χ2v) is 8.08. The lowest BCUT2D eigenvalue weighted by Crippen LogP contribution is -2.02. The molecule has 0 aliphatic heterocycles. The molecular weight excluding hydrogens is 426 g/mol. The summed E-state index contributed by atoms with van der Waals surface area (Å²) in [6.45, 7) is 0.757. The maximum atomic E-state index is 5.45. The number of rotatable bonds is 11. The van der Waals surface area contributed by atoms with Gasteiger partial charge in [0.05, 0.1) is 26.3 Å². The molecule has 4 rings (SSSR count). The minimum atomic E-state index is 0.662. The van der Waals surface area contributed by atoms with Gasteiger partial charge in [0.2, 0.25) is 11.0 Å². The van der Waals surface area contributed by atoms with Crippen LogP contribution < -0.4 is 9.47 Å². The van der Waals surface area contributed by atoms with Gasteiger partial charge in [0.15, 0.2) is 5.82 Å². The number of aromatic nitrogens is 7. The van der Waals surface area contributed by atoms with Crippen molar-refractivity contribution in [2.45, 2.75) is 31.0 Å². The average Bonchev–Trinajstić information content (AvgIpc) is 3.51. The van der Waals surface area contributed by atoms with Crippen molar-refractivity contribution in [1.82, 2.24) is 35.4 Å². The quantitative estimate of drug-likeness (QED) is 0.268. The van der Waals surface area contributed by atoms with Crippen molar-refractivity contribution in [3.8, 4) is 34.3 Å². The van der Waals surface area contributed by atoms with Crippen LogP contribution in [-0.2, 0) is 6.54 Å². The standard InChI is InChI=1S/C22H25N7O2S/c1-30-17-11-12-18(19(15-17)31-2)21-23-22(26-24-21)32-14-8-4-7-13-29-27-20(25-28-29)16-9-5-3-6-10-16/h3,5-6,9-12,15H,4,7-8,13-14H2,1-2H3,(H,23,24,26). The van der Waals surface area contributed by atoms with E-state index in [1.807, 2.05) is 48.5 Å². The molecule has 0 bridgehead atoms. The van der Waals surface area contributed by atoms with E-state index < -0.39 is 0 Å². The zero-order chi connectivity index (χ0) is 22.2. The van der Waals surface area contributed by atoms with Gasteiger partial charge in [-0.05, 0) is 30.2 Å². The summed E-state index contributed by atoms with van der Waals surface area (Å²) in [5, 5.41) is 20.8. The zero-order valence-corrected chi connectivity index (χ0v) is 18.9. The van der Waals surface area contributed by atoms with Crippen LogP contribution in [0.3, 0.4) is 0 Å². The summed E-state index contributed by atoms with van der Waals surface area (Å²) in [5.74, 6) is 3.71. The van der Waals surface area contributed by atoms with Crippen molar-refractivity contribution < 1.29 is 9.47 Å². The summed E-state index contributed by atoms with van der Waals surface area (Å²) in [4.78, 5) is 6.25. The summed E-state index contributed by atoms with van der Waals surface area (Å²) >= 11 is 1.64. The number of tetrazole rings is 1. The summed E-state index contributed by atoms with van der Waals surface area (Å²) in [7, 11) is 3.25. The highest BCUT2D eigenvalue weighted by Gasteiger charge is 2.12. The molecule has 0 saturated heterocycles. The minimum Gasteiger partial charge on any atom is -0.497 e. The number of ether oxygens (including phenoxy) is 2. The highest BCUT2D eigenvalue weighted by molar-refractivity contribution is 7.99. The van der Waals surface area contributed by atoms with Crippen LogP contribution in [0.4, 0.5) is 0 Å². The molecule has 32 heavy (non-hydrogen) atoms. The Morgan fingerprint density at radius 1 is 1.00 bits per heavy atom. The van der Waals surface area contributed by atoms with Crippen LogP contribution in [0.2, 0.25) is 0 Å². The number of H-pyrrole nitrogens is 1. The first-order valence-corrected chi connectivity index (χ1v) is 11.4. The molecule has 0 atom stereocenters. The monoisotopic (exact) mass is 451 g/mol. The van der Waals surface area contributed by atoms with E-state index in [4.69, 9.17) is 9.47 Å². The van der Waals surface area contributed by atoms with Gasteiger partial charge in [-0.2, -0.15) is 4.80 Å². The van der Waals surface area contributed by atoms with Crippen LogP contribution in [0.5, 0.6) is 11.5 Å². The van der Waals surface area contributed by atoms with Gasteiger partial charge in [0, 0.05) is 17.4 Å². The summed E-state index contributed by atoms with van der Waals surface area (Å²) in [5.41, 5.74) is 1.83. The summed E-state index contributed by atoms with van der Waals surface area (Å²) in [6.07, 6.45) is 3.12. The van der Waals surface area contributed by atoms with Gasteiger partial charge >= 0.3 is 0 Å². The predicted octanol–water partition coefficient (Wildman–Crippen LogP) is 4.11. The topological polar surface area (TPSA) is 104 Å². The van der Waals surface area contributed by atoms with E-state index in [9.17, 15) is 0 Å². The summed E-state index contributed by atoms with van der Waals surface area (Å²) in [6, 6.07) is 15.5. The number of nitrogens with zero attached hydrogens (tertiary/aromatic N) is 6. The molecule has 0 spiro atoms. The number of methoxy groups -OCH3 is 2. The molecule has 2 aromatic heterocycles. The van der Waals surface area contributed by atoms with Crippen molar-refractivity contribution in [2.75, 3.05) is 20.0 Å². The molecule has 0 radical (unpaired) electrons. The Balaban J connectivity index is 1.20. The highest BCUT2D eigenvalue weighted by Crippen LogP contribution is 2.32. The van der Waals surface area contributed by atoms with E-state index in [-0.39, 0.29) is 0 Å². The molecule has 9 nitrogen and oxygen atoms in total. The molecule has 4 aromatic rings.